The van der Waals surface area contributed by atoms with Crippen LogP contribution in [0.5, 0.6) is 0 Å². The van der Waals surface area contributed by atoms with E-state index in [0.717, 1.165) is 37.9 Å². The molecule has 6 nitrogen and oxygen atoms in total. The molecule has 0 atom stereocenters. The van der Waals surface area contributed by atoms with Gasteiger partial charge in [0.05, 0.1) is 6.54 Å². The summed E-state index contributed by atoms with van der Waals surface area (Å²) in [5.41, 5.74) is 2.23. The lowest BCUT2D eigenvalue weighted by molar-refractivity contribution is -0.125. The Labute approximate surface area is 141 Å². The molecule has 3 rings (SSSR count). The average molecular weight is 329 g/mol. The second-order valence-electron chi connectivity index (χ2n) is 6.29. The second kappa shape index (κ2) is 7.47. The first-order chi connectivity index (χ1) is 11.7. The second-order valence-corrected chi connectivity index (χ2v) is 6.29. The van der Waals surface area contributed by atoms with Crippen molar-refractivity contribution in [3.05, 3.63) is 29.8 Å². The van der Waals surface area contributed by atoms with Crippen molar-refractivity contribution in [1.29, 1.82) is 0 Å². The third-order valence-electron chi connectivity index (χ3n) is 4.62. The monoisotopic (exact) mass is 329 g/mol. The number of carbonyl (C=O) groups is 3. The van der Waals surface area contributed by atoms with Gasteiger partial charge >= 0.3 is 6.03 Å². The Morgan fingerprint density at radius 2 is 1.96 bits per heavy atom. The molecular weight excluding hydrogens is 306 g/mol. The van der Waals surface area contributed by atoms with Gasteiger partial charge in [-0.05, 0) is 37.3 Å². The van der Waals surface area contributed by atoms with Gasteiger partial charge in [0.2, 0.25) is 11.8 Å². The van der Waals surface area contributed by atoms with Crippen LogP contribution in [0.4, 0.5) is 10.5 Å². The summed E-state index contributed by atoms with van der Waals surface area (Å²) in [5, 5.41) is 2.49. The number of amides is 4. The highest BCUT2D eigenvalue weighted by Crippen LogP contribution is 2.26. The first-order valence-corrected chi connectivity index (χ1v) is 8.63. The Balaban J connectivity index is 1.62. The first kappa shape index (κ1) is 16.5. The van der Waals surface area contributed by atoms with E-state index in [1.165, 1.54) is 10.5 Å². The van der Waals surface area contributed by atoms with Crippen LogP contribution in [0.1, 0.15) is 37.7 Å². The molecule has 128 valence electrons. The molecule has 0 unspecified atom stereocenters. The van der Waals surface area contributed by atoms with Crippen LogP contribution in [0.2, 0.25) is 0 Å². The molecule has 0 saturated carbocycles. The van der Waals surface area contributed by atoms with Gasteiger partial charge in [-0.1, -0.05) is 24.6 Å². The number of fused-ring (bicyclic) bond motifs is 1. The van der Waals surface area contributed by atoms with Crippen molar-refractivity contribution in [2.24, 2.45) is 0 Å². The van der Waals surface area contributed by atoms with Crippen LogP contribution in [-0.4, -0.2) is 42.4 Å². The van der Waals surface area contributed by atoms with E-state index >= 15 is 0 Å². The molecule has 0 spiro atoms. The van der Waals surface area contributed by atoms with Crippen LogP contribution in [0.15, 0.2) is 24.3 Å². The summed E-state index contributed by atoms with van der Waals surface area (Å²) >= 11 is 0. The zero-order chi connectivity index (χ0) is 16.9. The molecule has 1 aromatic rings. The van der Waals surface area contributed by atoms with Crippen LogP contribution in [-0.2, 0) is 16.0 Å². The maximum absolute atomic E-state index is 12.7. The van der Waals surface area contributed by atoms with E-state index in [2.05, 4.69) is 11.4 Å². The molecule has 2 heterocycles. The number of hydrogen-bond acceptors (Lipinski definition) is 3. The SMILES string of the molecule is O=C1CNC(=O)N1CCCC(=O)N1CCCCCc2ccccc21. The lowest BCUT2D eigenvalue weighted by atomic mass is 10.0. The van der Waals surface area contributed by atoms with Gasteiger partial charge in [-0.15, -0.1) is 0 Å². The Morgan fingerprint density at radius 1 is 1.12 bits per heavy atom. The van der Waals surface area contributed by atoms with Crippen LogP contribution in [0, 0.1) is 0 Å². The molecule has 0 aromatic heterocycles. The minimum atomic E-state index is -0.357. The molecule has 0 aliphatic carbocycles. The number of urea groups is 1. The number of anilines is 1. The molecule has 4 amide bonds. The fourth-order valence-electron chi connectivity index (χ4n) is 3.33. The summed E-state index contributed by atoms with van der Waals surface area (Å²) in [6.07, 6.45) is 5.13. The molecule has 6 heteroatoms. The van der Waals surface area contributed by atoms with Crippen molar-refractivity contribution in [2.75, 3.05) is 24.5 Å². The number of benzene rings is 1. The average Bonchev–Trinajstić information content (AvgIpc) is 2.87. The number of imide groups is 1. The van der Waals surface area contributed by atoms with Crippen molar-refractivity contribution in [2.45, 2.75) is 38.5 Å². The maximum atomic E-state index is 12.7. The molecule has 0 radical (unpaired) electrons. The highest BCUT2D eigenvalue weighted by molar-refractivity contribution is 6.02. The smallest absolute Gasteiger partial charge is 0.324 e. The Kier molecular flexibility index (Phi) is 5.13. The number of para-hydroxylation sites is 1. The molecule has 2 aliphatic heterocycles. The van der Waals surface area contributed by atoms with Crippen LogP contribution < -0.4 is 10.2 Å². The Bertz CT molecular complexity index is 628. The van der Waals surface area contributed by atoms with Crippen molar-refractivity contribution in [3.63, 3.8) is 0 Å². The highest BCUT2D eigenvalue weighted by atomic mass is 16.2. The van der Waals surface area contributed by atoms with E-state index in [9.17, 15) is 14.4 Å². The summed E-state index contributed by atoms with van der Waals surface area (Å²) in [7, 11) is 0. The van der Waals surface area contributed by atoms with Crippen LogP contribution in [0.25, 0.3) is 0 Å². The fourth-order valence-corrected chi connectivity index (χ4v) is 3.33. The molecule has 0 bridgehead atoms. The number of nitrogens with zero attached hydrogens (tertiary/aromatic N) is 2. The van der Waals surface area contributed by atoms with Gasteiger partial charge in [0.1, 0.15) is 0 Å². The largest absolute Gasteiger partial charge is 0.329 e. The predicted molar refractivity (Wildman–Crippen MR) is 90.7 cm³/mol. The third-order valence-corrected chi connectivity index (χ3v) is 4.62. The predicted octanol–water partition coefficient (Wildman–Crippen LogP) is 2.08. The minimum absolute atomic E-state index is 0.0618. The van der Waals surface area contributed by atoms with Gasteiger partial charge in [0, 0.05) is 25.2 Å². The van der Waals surface area contributed by atoms with E-state index in [4.69, 9.17) is 0 Å². The van der Waals surface area contributed by atoms with E-state index in [1.54, 1.807) is 0 Å². The normalized spacial score (nSPS) is 18.0. The zero-order valence-corrected chi connectivity index (χ0v) is 13.8. The quantitative estimate of drug-likeness (QED) is 0.860. The third kappa shape index (κ3) is 3.58. The van der Waals surface area contributed by atoms with E-state index in [-0.39, 0.29) is 24.4 Å². The van der Waals surface area contributed by atoms with Crippen molar-refractivity contribution in [1.82, 2.24) is 10.2 Å². The fraction of sp³-hybridized carbons (Fsp3) is 0.500. The maximum Gasteiger partial charge on any atom is 0.324 e. The summed E-state index contributed by atoms with van der Waals surface area (Å²) in [4.78, 5) is 38.8. The molecule has 1 fully saturated rings. The number of carbonyl (C=O) groups excluding carboxylic acids is 3. The van der Waals surface area contributed by atoms with Gasteiger partial charge in [-0.3, -0.25) is 14.5 Å². The van der Waals surface area contributed by atoms with E-state index < -0.39 is 0 Å². The molecule has 2 aliphatic rings. The molecule has 1 N–H and O–H groups in total. The minimum Gasteiger partial charge on any atom is -0.329 e. The van der Waals surface area contributed by atoms with Crippen molar-refractivity contribution >= 4 is 23.5 Å². The topological polar surface area (TPSA) is 69.7 Å². The lowest BCUT2D eigenvalue weighted by Gasteiger charge is -2.27. The van der Waals surface area contributed by atoms with Gasteiger partial charge in [-0.2, -0.15) is 0 Å². The summed E-state index contributed by atoms with van der Waals surface area (Å²) in [5.74, 6) is -0.152. The van der Waals surface area contributed by atoms with Crippen molar-refractivity contribution < 1.29 is 14.4 Å². The molecule has 1 saturated heterocycles. The molecule has 24 heavy (non-hydrogen) atoms. The summed E-state index contributed by atoms with van der Waals surface area (Å²) in [6, 6.07) is 7.72. The van der Waals surface area contributed by atoms with Gasteiger partial charge in [0.15, 0.2) is 0 Å². The van der Waals surface area contributed by atoms with Crippen LogP contribution in [0.3, 0.4) is 0 Å². The Hall–Kier alpha value is -2.37. The first-order valence-electron chi connectivity index (χ1n) is 8.63. The lowest BCUT2D eigenvalue weighted by Crippen LogP contribution is -2.35. The van der Waals surface area contributed by atoms with Gasteiger partial charge < -0.3 is 10.2 Å². The standard InChI is InChI=1S/C18H23N3O3/c22-16(10-6-12-21-17(23)13-19-18(21)24)20-11-5-1-2-7-14-8-3-4-9-15(14)20/h3-4,8-9H,1-2,5-7,10-13H2,(H,19,24). The molecular formula is C18H23N3O3. The van der Waals surface area contributed by atoms with E-state index in [0.29, 0.717) is 19.4 Å². The summed E-state index contributed by atoms with van der Waals surface area (Å²) in [6.45, 7) is 1.09. The number of nitrogens with one attached hydrogen (secondary N) is 1. The molecule has 1 aromatic carbocycles. The van der Waals surface area contributed by atoms with Crippen LogP contribution >= 0.6 is 0 Å². The summed E-state index contributed by atoms with van der Waals surface area (Å²) < 4.78 is 0. The number of aryl methyl sites for hydroxylation is 1. The number of rotatable bonds is 4. The Morgan fingerprint density at radius 3 is 2.75 bits per heavy atom. The van der Waals surface area contributed by atoms with Gasteiger partial charge in [-0.25, -0.2) is 4.79 Å². The van der Waals surface area contributed by atoms with E-state index in [1.807, 2.05) is 23.1 Å². The van der Waals surface area contributed by atoms with Crippen molar-refractivity contribution in [3.8, 4) is 0 Å². The number of hydrogen-bond donors (Lipinski definition) is 1. The van der Waals surface area contributed by atoms with Gasteiger partial charge in [0.25, 0.3) is 0 Å². The zero-order valence-electron chi connectivity index (χ0n) is 13.8. The highest BCUT2D eigenvalue weighted by Gasteiger charge is 2.28.